The molecule has 128 valence electrons. The van der Waals surface area contributed by atoms with Crippen molar-refractivity contribution in [2.75, 3.05) is 7.11 Å². The standard InChI is InChI=1S/C16H18N2O6/c1-10-7-11(5-6-15(10)18(20)21)23-9-13-4-3-12(24-13)8-14(17)16(19)22-2/h3-7,14H,8-9,17H2,1-2H3. The Hall–Kier alpha value is -2.87. The smallest absolute Gasteiger partial charge is 0.323 e. The summed E-state index contributed by atoms with van der Waals surface area (Å²) < 4.78 is 15.7. The van der Waals surface area contributed by atoms with Crippen molar-refractivity contribution in [2.45, 2.75) is 26.0 Å². The highest BCUT2D eigenvalue weighted by Gasteiger charge is 2.16. The molecule has 1 aromatic carbocycles. The normalized spacial score (nSPS) is 11.8. The summed E-state index contributed by atoms with van der Waals surface area (Å²) in [6.45, 7) is 1.80. The Kier molecular flexibility index (Phi) is 5.54. The highest BCUT2D eigenvalue weighted by atomic mass is 16.6. The summed E-state index contributed by atoms with van der Waals surface area (Å²) in [4.78, 5) is 21.6. The molecule has 2 rings (SSSR count). The van der Waals surface area contributed by atoms with Crippen LogP contribution in [0.4, 0.5) is 5.69 Å². The van der Waals surface area contributed by atoms with Crippen LogP contribution in [0.15, 0.2) is 34.7 Å². The number of furan rings is 1. The number of nitrogens with two attached hydrogens (primary N) is 1. The summed E-state index contributed by atoms with van der Waals surface area (Å²) in [5.41, 5.74) is 6.23. The van der Waals surface area contributed by atoms with Crippen LogP contribution in [-0.2, 0) is 22.6 Å². The first-order valence-corrected chi connectivity index (χ1v) is 7.19. The summed E-state index contributed by atoms with van der Waals surface area (Å²) >= 11 is 0. The Morgan fingerprint density at radius 3 is 2.67 bits per heavy atom. The number of aryl methyl sites for hydroxylation is 1. The van der Waals surface area contributed by atoms with Gasteiger partial charge in [0.05, 0.1) is 12.0 Å². The molecule has 0 spiro atoms. The van der Waals surface area contributed by atoms with Gasteiger partial charge in [-0.05, 0) is 31.2 Å². The van der Waals surface area contributed by atoms with Crippen LogP contribution >= 0.6 is 0 Å². The van der Waals surface area contributed by atoms with Crippen molar-refractivity contribution in [1.82, 2.24) is 0 Å². The molecule has 1 heterocycles. The molecule has 0 saturated heterocycles. The molecule has 0 amide bonds. The van der Waals surface area contributed by atoms with Gasteiger partial charge in [0, 0.05) is 18.1 Å². The van der Waals surface area contributed by atoms with E-state index in [1.54, 1.807) is 25.1 Å². The average Bonchev–Trinajstić information content (AvgIpc) is 2.99. The molecule has 1 aromatic heterocycles. The van der Waals surface area contributed by atoms with Crippen molar-refractivity contribution in [3.63, 3.8) is 0 Å². The first-order chi connectivity index (χ1) is 11.4. The molecule has 24 heavy (non-hydrogen) atoms. The molecule has 1 atom stereocenters. The van der Waals surface area contributed by atoms with Gasteiger partial charge in [0.15, 0.2) is 0 Å². The van der Waals surface area contributed by atoms with Crippen LogP contribution in [0.2, 0.25) is 0 Å². The van der Waals surface area contributed by atoms with E-state index in [0.717, 1.165) is 0 Å². The van der Waals surface area contributed by atoms with Crippen LogP contribution in [0.25, 0.3) is 0 Å². The van der Waals surface area contributed by atoms with E-state index < -0.39 is 16.9 Å². The highest BCUT2D eigenvalue weighted by molar-refractivity contribution is 5.75. The van der Waals surface area contributed by atoms with Gasteiger partial charge in [-0.3, -0.25) is 14.9 Å². The maximum absolute atomic E-state index is 11.3. The van der Waals surface area contributed by atoms with E-state index in [2.05, 4.69) is 4.74 Å². The van der Waals surface area contributed by atoms with Crippen molar-refractivity contribution >= 4 is 11.7 Å². The van der Waals surface area contributed by atoms with Crippen LogP contribution in [0.5, 0.6) is 5.75 Å². The maximum Gasteiger partial charge on any atom is 0.323 e. The fourth-order valence-corrected chi connectivity index (χ4v) is 2.14. The monoisotopic (exact) mass is 334 g/mol. The predicted molar refractivity (Wildman–Crippen MR) is 84.6 cm³/mol. The van der Waals surface area contributed by atoms with E-state index >= 15 is 0 Å². The Balaban J connectivity index is 1.94. The third-order valence-corrected chi connectivity index (χ3v) is 3.39. The van der Waals surface area contributed by atoms with Crippen molar-refractivity contribution in [2.24, 2.45) is 5.73 Å². The summed E-state index contributed by atoms with van der Waals surface area (Å²) in [6.07, 6.45) is 0.226. The molecule has 8 heteroatoms. The number of nitro groups is 1. The SMILES string of the molecule is COC(=O)C(N)Cc1ccc(COc2ccc([N+](=O)[O-])c(C)c2)o1. The lowest BCUT2D eigenvalue weighted by Crippen LogP contribution is -2.33. The molecule has 0 saturated carbocycles. The van der Waals surface area contributed by atoms with Gasteiger partial charge < -0.3 is 19.6 Å². The topological polar surface area (TPSA) is 118 Å². The number of nitro benzene ring substituents is 1. The lowest BCUT2D eigenvalue weighted by Gasteiger charge is -2.07. The third kappa shape index (κ3) is 4.32. The Labute approximate surface area is 138 Å². The minimum absolute atomic E-state index is 0.0411. The van der Waals surface area contributed by atoms with Gasteiger partial charge in [0.25, 0.3) is 5.69 Å². The summed E-state index contributed by atoms with van der Waals surface area (Å²) in [5.74, 6) is 1.09. The third-order valence-electron chi connectivity index (χ3n) is 3.39. The molecule has 0 aliphatic rings. The molecule has 0 aliphatic carbocycles. The maximum atomic E-state index is 11.3. The van der Waals surface area contributed by atoms with Crippen molar-refractivity contribution in [3.05, 3.63) is 57.5 Å². The molecular formula is C16H18N2O6. The first kappa shape index (κ1) is 17.5. The van der Waals surface area contributed by atoms with Gasteiger partial charge in [-0.1, -0.05) is 0 Å². The van der Waals surface area contributed by atoms with E-state index in [0.29, 0.717) is 22.8 Å². The number of methoxy groups -OCH3 is 1. The second-order valence-electron chi connectivity index (χ2n) is 5.20. The van der Waals surface area contributed by atoms with Crippen molar-refractivity contribution in [1.29, 1.82) is 0 Å². The molecular weight excluding hydrogens is 316 g/mol. The highest BCUT2D eigenvalue weighted by Crippen LogP contribution is 2.24. The van der Waals surface area contributed by atoms with E-state index in [1.807, 2.05) is 0 Å². The van der Waals surface area contributed by atoms with Gasteiger partial charge in [-0.2, -0.15) is 0 Å². The van der Waals surface area contributed by atoms with E-state index in [9.17, 15) is 14.9 Å². The molecule has 8 nitrogen and oxygen atoms in total. The van der Waals surface area contributed by atoms with E-state index in [-0.39, 0.29) is 18.7 Å². The van der Waals surface area contributed by atoms with Gasteiger partial charge in [0.2, 0.25) is 0 Å². The summed E-state index contributed by atoms with van der Waals surface area (Å²) in [5, 5.41) is 10.8. The zero-order chi connectivity index (χ0) is 17.7. The second kappa shape index (κ2) is 7.60. The summed E-state index contributed by atoms with van der Waals surface area (Å²) in [7, 11) is 1.27. The van der Waals surface area contributed by atoms with Crippen LogP contribution in [0.1, 0.15) is 17.1 Å². The average molecular weight is 334 g/mol. The molecule has 0 aliphatic heterocycles. The minimum Gasteiger partial charge on any atom is -0.486 e. The molecule has 2 aromatic rings. The molecule has 0 radical (unpaired) electrons. The number of carbonyl (C=O) groups excluding carboxylic acids is 1. The number of hydrogen-bond acceptors (Lipinski definition) is 7. The number of hydrogen-bond donors (Lipinski definition) is 1. The van der Waals surface area contributed by atoms with Gasteiger partial charge in [0.1, 0.15) is 29.9 Å². The first-order valence-electron chi connectivity index (χ1n) is 7.19. The predicted octanol–water partition coefficient (Wildman–Crippen LogP) is 2.12. The van der Waals surface area contributed by atoms with Gasteiger partial charge in [-0.25, -0.2) is 0 Å². The summed E-state index contributed by atoms with van der Waals surface area (Å²) in [6, 6.07) is 7.16. The van der Waals surface area contributed by atoms with E-state index in [4.69, 9.17) is 14.9 Å². The number of rotatable bonds is 7. The van der Waals surface area contributed by atoms with Crippen LogP contribution < -0.4 is 10.5 Å². The number of ether oxygens (including phenoxy) is 2. The minimum atomic E-state index is -0.785. The van der Waals surface area contributed by atoms with Crippen LogP contribution in [0.3, 0.4) is 0 Å². The molecule has 2 N–H and O–H groups in total. The fraction of sp³-hybridized carbons (Fsp3) is 0.312. The lowest BCUT2D eigenvalue weighted by atomic mass is 10.2. The largest absolute Gasteiger partial charge is 0.486 e. The number of nitrogens with zero attached hydrogens (tertiary/aromatic N) is 1. The zero-order valence-corrected chi connectivity index (χ0v) is 13.4. The molecule has 1 unspecified atom stereocenters. The number of benzene rings is 1. The van der Waals surface area contributed by atoms with E-state index in [1.165, 1.54) is 19.2 Å². The number of carbonyl (C=O) groups is 1. The van der Waals surface area contributed by atoms with Crippen molar-refractivity contribution in [3.8, 4) is 5.75 Å². The quantitative estimate of drug-likeness (QED) is 0.468. The molecule has 0 bridgehead atoms. The fourth-order valence-electron chi connectivity index (χ4n) is 2.14. The molecule has 0 fully saturated rings. The van der Waals surface area contributed by atoms with Gasteiger partial charge >= 0.3 is 5.97 Å². The Morgan fingerprint density at radius 1 is 1.33 bits per heavy atom. The second-order valence-corrected chi connectivity index (χ2v) is 5.20. The number of esters is 1. The Morgan fingerprint density at radius 2 is 2.04 bits per heavy atom. The van der Waals surface area contributed by atoms with Crippen LogP contribution in [-0.4, -0.2) is 24.0 Å². The van der Waals surface area contributed by atoms with Gasteiger partial charge in [-0.15, -0.1) is 0 Å². The van der Waals surface area contributed by atoms with Crippen molar-refractivity contribution < 1.29 is 23.6 Å². The lowest BCUT2D eigenvalue weighted by molar-refractivity contribution is -0.385. The van der Waals surface area contributed by atoms with Crippen LogP contribution in [0, 0.1) is 17.0 Å². The zero-order valence-electron chi connectivity index (χ0n) is 13.4. The Bertz CT molecular complexity index is 740.